The lowest BCUT2D eigenvalue weighted by Crippen LogP contribution is -2.51. The number of hydrogen-bond acceptors (Lipinski definition) is 3. The monoisotopic (exact) mass is 337 g/mol. The Morgan fingerprint density at radius 2 is 1.83 bits per heavy atom. The Morgan fingerprint density at radius 3 is 2.46 bits per heavy atom. The predicted octanol–water partition coefficient (Wildman–Crippen LogP) is 2.17. The lowest BCUT2D eigenvalue weighted by atomic mass is 9.96. The van der Waals surface area contributed by atoms with E-state index in [4.69, 9.17) is 0 Å². The van der Waals surface area contributed by atoms with Gasteiger partial charge < -0.3 is 10.2 Å². The number of halogens is 2. The molecule has 1 aromatic rings. The van der Waals surface area contributed by atoms with E-state index in [0.717, 1.165) is 32.0 Å². The van der Waals surface area contributed by atoms with Gasteiger partial charge in [-0.15, -0.1) is 0 Å². The summed E-state index contributed by atoms with van der Waals surface area (Å²) in [5, 5.41) is 3.28. The van der Waals surface area contributed by atoms with Crippen molar-refractivity contribution in [3.8, 4) is 0 Å². The van der Waals surface area contributed by atoms with Gasteiger partial charge in [-0.3, -0.25) is 9.69 Å². The maximum atomic E-state index is 14.0. The van der Waals surface area contributed by atoms with E-state index in [2.05, 4.69) is 10.2 Å². The minimum Gasteiger partial charge on any atom is -0.340 e. The van der Waals surface area contributed by atoms with E-state index in [1.165, 1.54) is 12.1 Å². The predicted molar refractivity (Wildman–Crippen MR) is 88.5 cm³/mol. The number of hydrogen-bond donors (Lipinski definition) is 1. The molecule has 2 saturated heterocycles. The Balaban J connectivity index is 1.57. The number of benzene rings is 1. The smallest absolute Gasteiger partial charge is 0.225 e. The van der Waals surface area contributed by atoms with Gasteiger partial charge in [-0.05, 0) is 38.9 Å². The highest BCUT2D eigenvalue weighted by molar-refractivity contribution is 5.79. The molecule has 2 heterocycles. The molecule has 0 aromatic heterocycles. The molecule has 1 aromatic carbocycles. The molecule has 1 unspecified atom stereocenters. The highest BCUT2D eigenvalue weighted by atomic mass is 19.1. The van der Waals surface area contributed by atoms with Crippen LogP contribution in [0, 0.1) is 17.6 Å². The van der Waals surface area contributed by atoms with Crippen molar-refractivity contribution < 1.29 is 13.6 Å². The van der Waals surface area contributed by atoms with Crippen molar-refractivity contribution in [1.82, 2.24) is 15.1 Å². The van der Waals surface area contributed by atoms with Crippen LogP contribution in [0.4, 0.5) is 8.78 Å². The van der Waals surface area contributed by atoms with Gasteiger partial charge in [-0.25, -0.2) is 8.78 Å². The number of nitrogens with zero attached hydrogens (tertiary/aromatic N) is 2. The third kappa shape index (κ3) is 3.75. The zero-order valence-corrected chi connectivity index (χ0v) is 14.1. The van der Waals surface area contributed by atoms with Crippen LogP contribution in [0.25, 0.3) is 0 Å². The summed E-state index contributed by atoms with van der Waals surface area (Å²) in [5.74, 6) is -0.655. The zero-order chi connectivity index (χ0) is 17.1. The molecule has 0 radical (unpaired) electrons. The molecule has 4 nitrogen and oxygen atoms in total. The Labute approximate surface area is 141 Å². The number of carbonyl (C=O) groups excluding carboxylic acids is 1. The lowest BCUT2D eigenvalue weighted by molar-refractivity contribution is -0.138. The molecule has 0 aliphatic carbocycles. The molecule has 24 heavy (non-hydrogen) atoms. The van der Waals surface area contributed by atoms with Crippen molar-refractivity contribution in [2.45, 2.75) is 25.8 Å². The number of piperazine rings is 1. The van der Waals surface area contributed by atoms with Crippen LogP contribution in [0.15, 0.2) is 18.2 Å². The summed E-state index contributed by atoms with van der Waals surface area (Å²) in [4.78, 5) is 16.7. The normalized spacial score (nSPS) is 21.7. The Kier molecular flexibility index (Phi) is 5.46. The van der Waals surface area contributed by atoms with Crippen LogP contribution in [0.1, 0.15) is 31.4 Å². The Hall–Kier alpha value is -1.53. The molecule has 2 fully saturated rings. The van der Waals surface area contributed by atoms with Crippen LogP contribution in [0.5, 0.6) is 0 Å². The van der Waals surface area contributed by atoms with Crippen molar-refractivity contribution >= 4 is 5.91 Å². The van der Waals surface area contributed by atoms with Gasteiger partial charge >= 0.3 is 0 Å². The topological polar surface area (TPSA) is 35.6 Å². The van der Waals surface area contributed by atoms with Crippen LogP contribution in [0.2, 0.25) is 0 Å². The molecular formula is C18H25F2N3O. The van der Waals surface area contributed by atoms with Crippen LogP contribution in [0.3, 0.4) is 0 Å². The highest BCUT2D eigenvalue weighted by Crippen LogP contribution is 2.25. The van der Waals surface area contributed by atoms with E-state index in [1.54, 1.807) is 0 Å². The second-order valence-corrected chi connectivity index (χ2v) is 6.73. The van der Waals surface area contributed by atoms with Crippen LogP contribution < -0.4 is 5.32 Å². The fourth-order valence-electron chi connectivity index (χ4n) is 3.69. The van der Waals surface area contributed by atoms with Crippen molar-refractivity contribution in [2.75, 3.05) is 39.3 Å². The average Bonchev–Trinajstić information content (AvgIpc) is 2.61. The first kappa shape index (κ1) is 17.3. The summed E-state index contributed by atoms with van der Waals surface area (Å²) in [5.41, 5.74) is 0.509. The van der Waals surface area contributed by atoms with E-state index >= 15 is 0 Å². The van der Waals surface area contributed by atoms with Crippen molar-refractivity contribution in [2.24, 2.45) is 5.92 Å². The molecule has 1 N–H and O–H groups in total. The van der Waals surface area contributed by atoms with Gasteiger partial charge in [0, 0.05) is 49.8 Å². The Morgan fingerprint density at radius 1 is 1.17 bits per heavy atom. The second-order valence-electron chi connectivity index (χ2n) is 6.73. The summed E-state index contributed by atoms with van der Waals surface area (Å²) in [6.07, 6.45) is 1.83. The highest BCUT2D eigenvalue weighted by Gasteiger charge is 2.30. The van der Waals surface area contributed by atoms with Gasteiger partial charge in [0.15, 0.2) is 0 Å². The van der Waals surface area contributed by atoms with Crippen molar-refractivity contribution in [1.29, 1.82) is 0 Å². The summed E-state index contributed by atoms with van der Waals surface area (Å²) in [6, 6.07) is 3.62. The molecule has 2 aliphatic rings. The summed E-state index contributed by atoms with van der Waals surface area (Å²) >= 11 is 0. The van der Waals surface area contributed by atoms with Crippen LogP contribution >= 0.6 is 0 Å². The SMILES string of the molecule is CC(c1ccc(F)cc1F)N1CCN(C(=O)C2CCNCC2)CC1. The maximum absolute atomic E-state index is 14.0. The third-order valence-electron chi connectivity index (χ3n) is 5.27. The third-order valence-corrected chi connectivity index (χ3v) is 5.27. The molecule has 132 valence electrons. The number of amides is 1. The minimum absolute atomic E-state index is 0.123. The minimum atomic E-state index is -0.555. The fourth-order valence-corrected chi connectivity index (χ4v) is 3.69. The van der Waals surface area contributed by atoms with E-state index < -0.39 is 11.6 Å². The molecule has 2 aliphatic heterocycles. The van der Waals surface area contributed by atoms with Crippen molar-refractivity contribution in [3.05, 3.63) is 35.4 Å². The van der Waals surface area contributed by atoms with E-state index in [0.29, 0.717) is 31.7 Å². The Bertz CT molecular complexity index is 582. The first-order valence-electron chi connectivity index (χ1n) is 8.75. The van der Waals surface area contributed by atoms with E-state index in [1.807, 2.05) is 11.8 Å². The van der Waals surface area contributed by atoms with Gasteiger partial charge in [0.1, 0.15) is 11.6 Å². The van der Waals surface area contributed by atoms with Crippen molar-refractivity contribution in [3.63, 3.8) is 0 Å². The number of carbonyl (C=O) groups is 1. The molecular weight excluding hydrogens is 312 g/mol. The van der Waals surface area contributed by atoms with Crippen LogP contribution in [-0.4, -0.2) is 55.0 Å². The fraction of sp³-hybridized carbons (Fsp3) is 0.611. The summed E-state index contributed by atoms with van der Waals surface area (Å²) in [7, 11) is 0. The standard InChI is InChI=1S/C18H25F2N3O/c1-13(16-3-2-15(19)12-17(16)20)22-8-10-23(11-9-22)18(24)14-4-6-21-7-5-14/h2-3,12-14,21H,4-11H2,1H3. The van der Waals surface area contributed by atoms with Gasteiger partial charge in [0.05, 0.1) is 0 Å². The number of rotatable bonds is 3. The molecule has 0 spiro atoms. The molecule has 6 heteroatoms. The maximum Gasteiger partial charge on any atom is 0.225 e. The number of piperidine rings is 1. The molecule has 0 saturated carbocycles. The summed E-state index contributed by atoms with van der Waals surface area (Å²) in [6.45, 7) is 6.55. The summed E-state index contributed by atoms with van der Waals surface area (Å²) < 4.78 is 27.0. The molecule has 0 bridgehead atoms. The van der Waals surface area contributed by atoms with Gasteiger partial charge in [0.25, 0.3) is 0 Å². The van der Waals surface area contributed by atoms with Gasteiger partial charge in [-0.2, -0.15) is 0 Å². The molecule has 3 rings (SSSR count). The molecule has 1 atom stereocenters. The quantitative estimate of drug-likeness (QED) is 0.918. The first-order valence-corrected chi connectivity index (χ1v) is 8.75. The van der Waals surface area contributed by atoms with E-state index in [-0.39, 0.29) is 17.9 Å². The zero-order valence-electron chi connectivity index (χ0n) is 14.1. The van der Waals surface area contributed by atoms with E-state index in [9.17, 15) is 13.6 Å². The molecule has 1 amide bonds. The first-order chi connectivity index (χ1) is 11.6. The largest absolute Gasteiger partial charge is 0.340 e. The average molecular weight is 337 g/mol. The van der Waals surface area contributed by atoms with Gasteiger partial charge in [0.2, 0.25) is 5.91 Å². The van der Waals surface area contributed by atoms with Gasteiger partial charge in [-0.1, -0.05) is 6.07 Å². The lowest BCUT2D eigenvalue weighted by Gasteiger charge is -2.40. The number of nitrogens with one attached hydrogen (secondary N) is 1. The van der Waals surface area contributed by atoms with Crippen LogP contribution in [-0.2, 0) is 4.79 Å². The second kappa shape index (κ2) is 7.57.